The van der Waals surface area contributed by atoms with Gasteiger partial charge in [0.15, 0.2) is 5.65 Å². The molecular weight excluding hydrogens is 456 g/mol. The largest absolute Gasteiger partial charge is 0.511 e. The summed E-state index contributed by atoms with van der Waals surface area (Å²) < 4.78 is 7.04. The average molecular weight is 487 g/mol. The molecule has 0 fully saturated rings. The number of unbranched alkanes of at least 4 members (excludes halogenated alkanes) is 1. The van der Waals surface area contributed by atoms with Crippen LogP contribution in [-0.4, -0.2) is 31.7 Å². The number of anilines is 1. The molecule has 2 heterocycles. The second-order valence-corrected chi connectivity index (χ2v) is 8.96. The number of carbonyl (C=O) groups excluding carboxylic acids is 1. The first-order valence-corrected chi connectivity index (χ1v) is 12.1. The van der Waals surface area contributed by atoms with Gasteiger partial charge in [-0.25, -0.2) is 14.8 Å². The Labute approximate surface area is 210 Å². The van der Waals surface area contributed by atoms with Gasteiger partial charge in [0.05, 0.1) is 6.54 Å². The Morgan fingerprint density at radius 2 is 1.78 bits per heavy atom. The first-order valence-electron chi connectivity index (χ1n) is 12.1. The fraction of sp³-hybridized carbons (Fsp3) is 0.286. The minimum Gasteiger partial charge on any atom is -0.449 e. The van der Waals surface area contributed by atoms with Gasteiger partial charge in [-0.3, -0.25) is 4.79 Å². The molecule has 8 nitrogen and oxygen atoms in total. The van der Waals surface area contributed by atoms with Gasteiger partial charge in [0, 0.05) is 17.9 Å². The van der Waals surface area contributed by atoms with Crippen molar-refractivity contribution in [3.05, 3.63) is 72.1 Å². The molecule has 0 bridgehead atoms. The summed E-state index contributed by atoms with van der Waals surface area (Å²) in [6, 6.07) is 18.6. The van der Waals surface area contributed by atoms with Crippen molar-refractivity contribution in [2.45, 2.75) is 46.6 Å². The number of para-hydroxylation sites is 1. The maximum absolute atomic E-state index is 12.2. The van der Waals surface area contributed by atoms with E-state index in [4.69, 9.17) is 19.8 Å². The normalized spacial score (nSPS) is 11.1. The molecule has 0 radical (unpaired) electrons. The molecule has 0 aliphatic rings. The number of aryl methyl sites for hydroxylation is 1. The maximum atomic E-state index is 12.2. The number of imidazole rings is 1. The molecule has 1 amide bonds. The number of fused-ring (bicyclic) bond motifs is 1. The minimum absolute atomic E-state index is 0.0816. The lowest BCUT2D eigenvalue weighted by Crippen LogP contribution is -2.18. The van der Waals surface area contributed by atoms with Gasteiger partial charge < -0.3 is 19.7 Å². The van der Waals surface area contributed by atoms with Crippen LogP contribution in [0.3, 0.4) is 0 Å². The van der Waals surface area contributed by atoms with Gasteiger partial charge in [-0.2, -0.15) is 0 Å². The number of hydrogen-bond acceptors (Lipinski definition) is 5. The van der Waals surface area contributed by atoms with Crippen molar-refractivity contribution in [2.24, 2.45) is 5.92 Å². The van der Waals surface area contributed by atoms with Gasteiger partial charge in [0.2, 0.25) is 5.91 Å². The van der Waals surface area contributed by atoms with Crippen LogP contribution in [0.25, 0.3) is 22.3 Å². The molecule has 186 valence electrons. The molecule has 2 aromatic carbocycles. The number of rotatable bonds is 9. The van der Waals surface area contributed by atoms with Crippen LogP contribution in [0.1, 0.15) is 45.0 Å². The number of carbonyl (C=O) groups is 2. The Morgan fingerprint density at radius 3 is 2.47 bits per heavy atom. The molecule has 0 aliphatic heterocycles. The lowest BCUT2D eigenvalue weighted by Gasteiger charge is -2.12. The Balaban J connectivity index is 1.66. The summed E-state index contributed by atoms with van der Waals surface area (Å²) in [5, 5.41) is 11.9. The zero-order valence-electron chi connectivity index (χ0n) is 20.7. The zero-order valence-corrected chi connectivity index (χ0v) is 20.7. The van der Waals surface area contributed by atoms with Crippen LogP contribution in [0.5, 0.6) is 5.75 Å². The summed E-state index contributed by atoms with van der Waals surface area (Å²) >= 11 is 0. The highest BCUT2D eigenvalue weighted by Gasteiger charge is 2.15. The monoisotopic (exact) mass is 486 g/mol. The van der Waals surface area contributed by atoms with Crippen molar-refractivity contribution in [3.8, 4) is 16.9 Å². The van der Waals surface area contributed by atoms with E-state index in [0.717, 1.165) is 47.4 Å². The number of amides is 1. The lowest BCUT2D eigenvalue weighted by atomic mass is 10.0. The average Bonchev–Trinajstić information content (AvgIpc) is 3.19. The third kappa shape index (κ3) is 5.71. The zero-order chi connectivity index (χ0) is 25.7. The molecule has 4 aromatic rings. The summed E-state index contributed by atoms with van der Waals surface area (Å²) in [5.74, 6) is 1.53. The highest BCUT2D eigenvalue weighted by atomic mass is 16.7. The predicted octanol–water partition coefficient (Wildman–Crippen LogP) is 6.14. The molecule has 0 saturated carbocycles. The molecule has 2 aromatic heterocycles. The number of benzene rings is 2. The van der Waals surface area contributed by atoms with Crippen LogP contribution in [0, 0.1) is 5.92 Å². The van der Waals surface area contributed by atoms with Gasteiger partial charge in [0.25, 0.3) is 0 Å². The van der Waals surface area contributed by atoms with Crippen molar-refractivity contribution in [2.75, 3.05) is 5.32 Å². The first kappa shape index (κ1) is 24.9. The van der Waals surface area contributed by atoms with Gasteiger partial charge in [-0.1, -0.05) is 69.7 Å². The third-order valence-electron chi connectivity index (χ3n) is 5.89. The van der Waals surface area contributed by atoms with E-state index in [1.54, 1.807) is 18.2 Å². The van der Waals surface area contributed by atoms with E-state index in [-0.39, 0.29) is 11.8 Å². The summed E-state index contributed by atoms with van der Waals surface area (Å²) in [4.78, 5) is 32.8. The first-order chi connectivity index (χ1) is 17.4. The van der Waals surface area contributed by atoms with E-state index in [2.05, 4.69) is 16.8 Å². The summed E-state index contributed by atoms with van der Waals surface area (Å²) in [6.07, 6.45) is 1.55. The SMILES string of the molecule is CCCCc1nc2ccc(NC(=O)C(C)C)nc2n1Cc1ccc(-c2ccccc2OC(=O)O)cc1. The quantitative estimate of drug-likeness (QED) is 0.217. The van der Waals surface area contributed by atoms with Crippen molar-refractivity contribution >= 4 is 29.0 Å². The molecule has 0 saturated heterocycles. The molecule has 0 aliphatic carbocycles. The predicted molar refractivity (Wildman–Crippen MR) is 139 cm³/mol. The van der Waals surface area contributed by atoms with Crippen LogP contribution in [0.2, 0.25) is 0 Å². The minimum atomic E-state index is -1.35. The Kier molecular flexibility index (Phi) is 7.63. The smallest absolute Gasteiger partial charge is 0.449 e. The van der Waals surface area contributed by atoms with E-state index in [1.807, 2.05) is 56.3 Å². The Morgan fingerprint density at radius 1 is 1.03 bits per heavy atom. The van der Waals surface area contributed by atoms with Gasteiger partial charge in [0.1, 0.15) is 22.9 Å². The molecule has 36 heavy (non-hydrogen) atoms. The number of nitrogens with one attached hydrogen (secondary N) is 1. The van der Waals surface area contributed by atoms with Crippen LogP contribution < -0.4 is 10.1 Å². The lowest BCUT2D eigenvalue weighted by molar-refractivity contribution is -0.118. The second kappa shape index (κ2) is 11.0. The summed E-state index contributed by atoms with van der Waals surface area (Å²) in [5.41, 5.74) is 4.13. The number of hydrogen-bond donors (Lipinski definition) is 2. The standard InChI is InChI=1S/C28H30N4O4/c1-4-5-10-25-29-22-15-16-24(31-27(33)18(2)3)30-26(22)32(25)17-19-11-13-20(14-12-19)21-8-6-7-9-23(21)36-28(34)35/h6-9,11-16,18H,4-5,10,17H2,1-3H3,(H,34,35)(H,30,31,33). The maximum Gasteiger partial charge on any atom is 0.511 e. The van der Waals surface area contributed by atoms with Gasteiger partial charge in [-0.15, -0.1) is 0 Å². The van der Waals surface area contributed by atoms with Crippen molar-refractivity contribution in [1.82, 2.24) is 14.5 Å². The molecule has 0 unspecified atom stereocenters. The highest BCUT2D eigenvalue weighted by Crippen LogP contribution is 2.30. The van der Waals surface area contributed by atoms with Crippen LogP contribution in [0.4, 0.5) is 10.6 Å². The topological polar surface area (TPSA) is 106 Å². The third-order valence-corrected chi connectivity index (χ3v) is 5.89. The highest BCUT2D eigenvalue weighted by molar-refractivity contribution is 5.92. The number of aromatic nitrogens is 3. The Hall–Kier alpha value is -4.20. The van der Waals surface area contributed by atoms with E-state index in [1.165, 1.54) is 0 Å². The molecule has 0 atom stereocenters. The van der Waals surface area contributed by atoms with Gasteiger partial charge in [-0.05, 0) is 35.7 Å². The summed E-state index contributed by atoms with van der Waals surface area (Å²) in [7, 11) is 0. The summed E-state index contributed by atoms with van der Waals surface area (Å²) in [6.45, 7) is 6.40. The van der Waals surface area contributed by atoms with Gasteiger partial charge >= 0.3 is 6.16 Å². The van der Waals surface area contributed by atoms with E-state index >= 15 is 0 Å². The van der Waals surface area contributed by atoms with E-state index in [0.29, 0.717) is 23.7 Å². The molecule has 0 spiro atoms. The van der Waals surface area contributed by atoms with Crippen molar-refractivity contribution < 1.29 is 19.4 Å². The molecule has 2 N–H and O–H groups in total. The molecule has 4 rings (SSSR count). The number of ether oxygens (including phenoxy) is 1. The molecular formula is C28H30N4O4. The van der Waals surface area contributed by atoms with Crippen molar-refractivity contribution in [1.29, 1.82) is 0 Å². The van der Waals surface area contributed by atoms with Crippen LogP contribution >= 0.6 is 0 Å². The second-order valence-electron chi connectivity index (χ2n) is 8.96. The number of carboxylic acid groups (broad SMARTS) is 1. The van der Waals surface area contributed by atoms with Crippen LogP contribution in [-0.2, 0) is 17.8 Å². The van der Waals surface area contributed by atoms with Crippen molar-refractivity contribution in [3.63, 3.8) is 0 Å². The van der Waals surface area contributed by atoms with E-state index < -0.39 is 6.16 Å². The number of nitrogens with zero attached hydrogens (tertiary/aromatic N) is 3. The van der Waals surface area contributed by atoms with E-state index in [9.17, 15) is 9.59 Å². The Bertz CT molecular complexity index is 1380. The fourth-order valence-corrected chi connectivity index (χ4v) is 3.94. The van der Waals surface area contributed by atoms with Crippen LogP contribution in [0.15, 0.2) is 60.7 Å². The number of pyridine rings is 1. The fourth-order valence-electron chi connectivity index (χ4n) is 3.94. The molecule has 8 heteroatoms.